The van der Waals surface area contributed by atoms with Gasteiger partial charge in [-0.1, -0.05) is 66.7 Å². The quantitative estimate of drug-likeness (QED) is 0.441. The van der Waals surface area contributed by atoms with Crippen LogP contribution >= 0.6 is 0 Å². The molecule has 0 saturated heterocycles. The number of amides is 1. The zero-order chi connectivity index (χ0) is 23.9. The molecule has 174 valence electrons. The first-order valence-electron chi connectivity index (χ1n) is 11.8. The first kappa shape index (κ1) is 22.4. The third-order valence-corrected chi connectivity index (χ3v) is 6.98. The van der Waals surface area contributed by atoms with Crippen molar-refractivity contribution in [2.24, 2.45) is 5.92 Å². The molecule has 1 aromatic heterocycles. The lowest BCUT2D eigenvalue weighted by molar-refractivity contribution is -0.133. The van der Waals surface area contributed by atoms with Crippen LogP contribution in [0.5, 0.6) is 0 Å². The highest BCUT2D eigenvalue weighted by molar-refractivity contribution is 5.96. The monoisotopic (exact) mass is 453 g/mol. The molecule has 0 spiro atoms. The number of hydrogen-bond donors (Lipinski definition) is 2. The van der Waals surface area contributed by atoms with Crippen molar-refractivity contribution >= 4 is 22.5 Å². The van der Waals surface area contributed by atoms with Crippen LogP contribution in [0, 0.1) is 5.92 Å². The van der Waals surface area contributed by atoms with Gasteiger partial charge in [0.25, 0.3) is 0 Å². The van der Waals surface area contributed by atoms with E-state index in [1.165, 1.54) is 5.56 Å². The van der Waals surface area contributed by atoms with Crippen LogP contribution in [0.3, 0.4) is 0 Å². The Labute approximate surface area is 200 Å². The predicted octanol–water partition coefficient (Wildman–Crippen LogP) is 4.81. The number of likely N-dealkylation sites (N-methyl/N-ethyl adjacent to an activating group) is 1. The second kappa shape index (κ2) is 8.75. The van der Waals surface area contributed by atoms with Gasteiger partial charge in [0.15, 0.2) is 5.72 Å². The minimum atomic E-state index is -1.40. The first-order valence-corrected chi connectivity index (χ1v) is 11.8. The predicted molar refractivity (Wildman–Crippen MR) is 137 cm³/mol. The van der Waals surface area contributed by atoms with Gasteiger partial charge in [-0.15, -0.1) is 0 Å². The first-order chi connectivity index (χ1) is 16.4. The van der Waals surface area contributed by atoms with E-state index in [1.807, 2.05) is 71.3 Å². The third kappa shape index (κ3) is 3.71. The average Bonchev–Trinajstić information content (AvgIpc) is 3.28. The van der Waals surface area contributed by atoms with Gasteiger partial charge in [-0.05, 0) is 56.8 Å². The van der Waals surface area contributed by atoms with Gasteiger partial charge in [-0.25, -0.2) is 0 Å². The van der Waals surface area contributed by atoms with Crippen LogP contribution in [0.15, 0.2) is 84.9 Å². The highest BCUT2D eigenvalue weighted by Gasteiger charge is 2.54. The number of benzene rings is 3. The maximum absolute atomic E-state index is 13.8. The Hall–Kier alpha value is -3.41. The van der Waals surface area contributed by atoms with Crippen LogP contribution in [0.25, 0.3) is 10.9 Å². The summed E-state index contributed by atoms with van der Waals surface area (Å²) < 4.78 is 2.01. The Morgan fingerprint density at radius 3 is 2.26 bits per heavy atom. The number of carbonyl (C=O) groups excluding carboxylic acids is 1. The molecule has 0 radical (unpaired) electrons. The Bertz CT molecular complexity index is 1310. The fourth-order valence-electron chi connectivity index (χ4n) is 5.50. The minimum absolute atomic E-state index is 0.184. The van der Waals surface area contributed by atoms with E-state index in [-0.39, 0.29) is 11.8 Å². The largest absolute Gasteiger partial charge is 0.370 e. The summed E-state index contributed by atoms with van der Waals surface area (Å²) in [5.74, 6) is -1.14. The third-order valence-electron chi connectivity index (χ3n) is 6.98. The molecule has 34 heavy (non-hydrogen) atoms. The molecule has 5 rings (SSSR count). The minimum Gasteiger partial charge on any atom is -0.370 e. The van der Waals surface area contributed by atoms with E-state index in [0.717, 1.165) is 40.8 Å². The van der Waals surface area contributed by atoms with E-state index in [2.05, 4.69) is 42.5 Å². The van der Waals surface area contributed by atoms with Crippen molar-refractivity contribution in [3.05, 3.63) is 102 Å². The molecule has 3 unspecified atom stereocenters. The maximum atomic E-state index is 13.8. The summed E-state index contributed by atoms with van der Waals surface area (Å²) in [6.07, 6.45) is 0.836. The molecule has 0 fully saturated rings. The SMILES string of the molecule is CN(C)CCc1c2n(c3ccccc13)C(C)(O)C(C(=O)Nc1ccccc1)C2c1ccccc1. The van der Waals surface area contributed by atoms with E-state index < -0.39 is 11.6 Å². The fourth-order valence-corrected chi connectivity index (χ4v) is 5.50. The number of nitrogens with one attached hydrogen (secondary N) is 1. The van der Waals surface area contributed by atoms with Gasteiger partial charge >= 0.3 is 0 Å². The number of aliphatic hydroxyl groups is 1. The summed E-state index contributed by atoms with van der Waals surface area (Å²) in [6.45, 7) is 2.66. The zero-order valence-corrected chi connectivity index (χ0v) is 19.9. The highest BCUT2D eigenvalue weighted by atomic mass is 16.3. The van der Waals surface area contributed by atoms with E-state index >= 15 is 0 Å². The van der Waals surface area contributed by atoms with Crippen molar-refractivity contribution in [1.82, 2.24) is 9.47 Å². The molecule has 5 heteroatoms. The summed E-state index contributed by atoms with van der Waals surface area (Å²) in [4.78, 5) is 16.0. The van der Waals surface area contributed by atoms with Crippen molar-refractivity contribution in [3.63, 3.8) is 0 Å². The smallest absolute Gasteiger partial charge is 0.233 e. The van der Waals surface area contributed by atoms with Gasteiger partial charge < -0.3 is 19.9 Å². The molecule has 3 aromatic carbocycles. The molecule has 0 saturated carbocycles. The van der Waals surface area contributed by atoms with Gasteiger partial charge in [-0.3, -0.25) is 4.79 Å². The van der Waals surface area contributed by atoms with Gasteiger partial charge in [0, 0.05) is 29.2 Å². The number of aromatic nitrogens is 1. The number of anilines is 1. The zero-order valence-electron chi connectivity index (χ0n) is 19.9. The Morgan fingerprint density at radius 1 is 0.971 bits per heavy atom. The Kier molecular flexibility index (Phi) is 5.76. The normalized spacial score (nSPS) is 21.7. The molecule has 1 aliphatic rings. The second-order valence-electron chi connectivity index (χ2n) is 9.59. The van der Waals surface area contributed by atoms with Gasteiger partial charge in [0.1, 0.15) is 0 Å². The molecule has 4 aromatic rings. The topological polar surface area (TPSA) is 57.5 Å². The van der Waals surface area contributed by atoms with E-state index in [4.69, 9.17) is 0 Å². The molecule has 1 aliphatic heterocycles. The van der Waals surface area contributed by atoms with Crippen molar-refractivity contribution in [2.45, 2.75) is 25.0 Å². The van der Waals surface area contributed by atoms with Crippen LogP contribution in [0.4, 0.5) is 5.69 Å². The lowest BCUT2D eigenvalue weighted by Crippen LogP contribution is -2.42. The molecular formula is C29H31N3O2. The molecule has 2 N–H and O–H groups in total. The number of para-hydroxylation sites is 2. The van der Waals surface area contributed by atoms with E-state index in [9.17, 15) is 9.90 Å². The lowest BCUT2D eigenvalue weighted by Gasteiger charge is -2.30. The number of hydrogen-bond acceptors (Lipinski definition) is 3. The summed E-state index contributed by atoms with van der Waals surface area (Å²) in [5, 5.41) is 16.3. The maximum Gasteiger partial charge on any atom is 0.233 e. The number of carbonyl (C=O) groups is 1. The van der Waals surface area contributed by atoms with Crippen LogP contribution in [-0.2, 0) is 16.9 Å². The molecular weight excluding hydrogens is 422 g/mol. The molecule has 3 atom stereocenters. The lowest BCUT2D eigenvalue weighted by atomic mass is 9.79. The molecule has 0 bridgehead atoms. The van der Waals surface area contributed by atoms with Crippen molar-refractivity contribution in [3.8, 4) is 0 Å². The number of nitrogens with zero attached hydrogens (tertiary/aromatic N) is 2. The van der Waals surface area contributed by atoms with Crippen LogP contribution in [0.1, 0.15) is 29.7 Å². The van der Waals surface area contributed by atoms with Crippen molar-refractivity contribution in [1.29, 1.82) is 0 Å². The number of rotatable bonds is 6. The standard InChI is InChI=1S/C29H31N3O2/c1-29(34)26(28(33)30-21-14-8-5-9-15-21)25(20-12-6-4-7-13-20)27-23(18-19-31(2)3)22-16-10-11-17-24(22)32(27)29/h4-17,25-26,34H,18-19H2,1-3H3,(H,30,33). The molecule has 5 nitrogen and oxygen atoms in total. The molecule has 1 amide bonds. The summed E-state index contributed by atoms with van der Waals surface area (Å²) >= 11 is 0. The Morgan fingerprint density at radius 2 is 1.59 bits per heavy atom. The molecule has 2 heterocycles. The van der Waals surface area contributed by atoms with E-state index in [0.29, 0.717) is 0 Å². The summed E-state index contributed by atoms with van der Waals surface area (Å²) in [5.41, 5.74) is 3.56. The van der Waals surface area contributed by atoms with Crippen molar-refractivity contribution < 1.29 is 9.90 Å². The summed E-state index contributed by atoms with van der Waals surface area (Å²) in [6, 6.07) is 27.8. The van der Waals surface area contributed by atoms with Gasteiger partial charge in [0.2, 0.25) is 5.91 Å². The Balaban J connectivity index is 1.71. The fraction of sp³-hybridized carbons (Fsp3) is 0.276. The molecule has 0 aliphatic carbocycles. The van der Waals surface area contributed by atoms with Crippen LogP contribution in [0.2, 0.25) is 0 Å². The van der Waals surface area contributed by atoms with Crippen LogP contribution in [-0.4, -0.2) is 41.1 Å². The van der Waals surface area contributed by atoms with E-state index in [1.54, 1.807) is 6.92 Å². The van der Waals surface area contributed by atoms with Crippen molar-refractivity contribution in [2.75, 3.05) is 26.0 Å². The highest BCUT2D eigenvalue weighted by Crippen LogP contribution is 2.52. The van der Waals surface area contributed by atoms with Gasteiger partial charge in [-0.2, -0.15) is 0 Å². The second-order valence-corrected chi connectivity index (χ2v) is 9.59. The number of fused-ring (bicyclic) bond motifs is 3. The average molecular weight is 454 g/mol. The van der Waals surface area contributed by atoms with Crippen LogP contribution < -0.4 is 5.32 Å². The van der Waals surface area contributed by atoms with Gasteiger partial charge in [0.05, 0.1) is 11.4 Å². The summed E-state index contributed by atoms with van der Waals surface area (Å²) in [7, 11) is 4.14.